The number of aliphatic hydroxyl groups excluding tert-OH is 3. The van der Waals surface area contributed by atoms with Gasteiger partial charge in [-0.15, -0.1) is 0 Å². The minimum absolute atomic E-state index is 0.168. The number of benzene rings is 1. The highest BCUT2D eigenvalue weighted by molar-refractivity contribution is 5.81. The molecule has 0 radical (unpaired) electrons. The van der Waals surface area contributed by atoms with Gasteiger partial charge in [0.05, 0.1) is 25.4 Å². The lowest BCUT2D eigenvalue weighted by molar-refractivity contribution is -0.128. The molecule has 2 saturated carbocycles. The first-order valence-corrected chi connectivity index (χ1v) is 15.5. The van der Waals surface area contributed by atoms with Crippen LogP contribution in [0.1, 0.15) is 112 Å². The third-order valence-electron chi connectivity index (χ3n) is 9.24. The SMILES string of the molecule is CC(C)C1CCC(C)(C)CC1C(=O)CCC(O)c1ccccc1.CC(C)C1CC[C@@H](C)C[C@H]1OCC(O)CO. The Morgan fingerprint density at radius 2 is 1.64 bits per heavy atom. The molecule has 0 aliphatic heterocycles. The fraction of sp³-hybridized carbons (Fsp3) is 0.794. The van der Waals surface area contributed by atoms with Crippen molar-refractivity contribution in [3.05, 3.63) is 35.9 Å². The molecule has 0 amide bonds. The molecule has 0 saturated heterocycles. The van der Waals surface area contributed by atoms with E-state index in [0.29, 0.717) is 48.2 Å². The first-order chi connectivity index (χ1) is 18.3. The van der Waals surface area contributed by atoms with Crippen molar-refractivity contribution in [2.75, 3.05) is 13.2 Å². The Morgan fingerprint density at radius 3 is 2.23 bits per heavy atom. The van der Waals surface area contributed by atoms with Crippen LogP contribution in [0.3, 0.4) is 0 Å². The van der Waals surface area contributed by atoms with E-state index < -0.39 is 12.2 Å². The maximum absolute atomic E-state index is 12.8. The number of ether oxygens (including phenoxy) is 1. The fourth-order valence-corrected chi connectivity index (χ4v) is 6.66. The van der Waals surface area contributed by atoms with Gasteiger partial charge in [0.15, 0.2) is 0 Å². The fourth-order valence-electron chi connectivity index (χ4n) is 6.66. The molecule has 5 heteroatoms. The van der Waals surface area contributed by atoms with Crippen LogP contribution in [0.25, 0.3) is 0 Å². The zero-order valence-corrected chi connectivity index (χ0v) is 25.8. The average molecular weight is 547 g/mol. The second-order valence-corrected chi connectivity index (χ2v) is 13.9. The van der Waals surface area contributed by atoms with Crippen LogP contribution in [0.4, 0.5) is 0 Å². The van der Waals surface area contributed by atoms with Gasteiger partial charge in [0.25, 0.3) is 0 Å². The van der Waals surface area contributed by atoms with E-state index in [2.05, 4.69) is 48.5 Å². The normalized spacial score (nSPS) is 28.5. The van der Waals surface area contributed by atoms with E-state index in [4.69, 9.17) is 9.84 Å². The van der Waals surface area contributed by atoms with Gasteiger partial charge in [0, 0.05) is 12.3 Å². The predicted octanol–water partition coefficient (Wildman–Crippen LogP) is 6.98. The van der Waals surface area contributed by atoms with Gasteiger partial charge in [-0.3, -0.25) is 4.79 Å². The molecule has 7 atom stereocenters. The summed E-state index contributed by atoms with van der Waals surface area (Å²) in [7, 11) is 0. The van der Waals surface area contributed by atoms with E-state index in [9.17, 15) is 15.0 Å². The summed E-state index contributed by atoms with van der Waals surface area (Å²) in [6.07, 6.45) is 6.96. The number of rotatable bonds is 11. The van der Waals surface area contributed by atoms with Crippen molar-refractivity contribution in [1.29, 1.82) is 0 Å². The third-order valence-corrected chi connectivity index (χ3v) is 9.24. The third kappa shape index (κ3) is 11.3. The topological polar surface area (TPSA) is 87.0 Å². The van der Waals surface area contributed by atoms with Gasteiger partial charge in [0.1, 0.15) is 11.9 Å². The van der Waals surface area contributed by atoms with Gasteiger partial charge in [-0.1, -0.05) is 85.2 Å². The number of carbonyl (C=O) groups excluding carboxylic acids is 1. The summed E-state index contributed by atoms with van der Waals surface area (Å²) in [6, 6.07) is 9.65. The zero-order valence-electron chi connectivity index (χ0n) is 25.8. The van der Waals surface area contributed by atoms with Gasteiger partial charge in [-0.05, 0) is 79.1 Å². The van der Waals surface area contributed by atoms with Crippen LogP contribution in [-0.4, -0.2) is 46.5 Å². The van der Waals surface area contributed by atoms with E-state index in [1.807, 2.05) is 30.3 Å². The summed E-state index contributed by atoms with van der Waals surface area (Å²) in [4.78, 5) is 12.8. The van der Waals surface area contributed by atoms with Gasteiger partial charge in [-0.25, -0.2) is 0 Å². The van der Waals surface area contributed by atoms with Crippen LogP contribution in [0, 0.1) is 40.9 Å². The van der Waals surface area contributed by atoms with Crippen LogP contribution in [-0.2, 0) is 9.53 Å². The molecule has 2 aliphatic carbocycles. The molecule has 1 aromatic rings. The van der Waals surface area contributed by atoms with Crippen molar-refractivity contribution in [2.45, 2.75) is 118 Å². The summed E-state index contributed by atoms with van der Waals surface area (Å²) in [5, 5.41) is 28.4. The van der Waals surface area contributed by atoms with Crippen LogP contribution in [0.5, 0.6) is 0 Å². The first kappa shape index (κ1) is 33.9. The number of ketones is 1. The highest BCUT2D eigenvalue weighted by Crippen LogP contribution is 2.45. The number of carbonyl (C=O) groups is 1. The van der Waals surface area contributed by atoms with Crippen LogP contribution in [0.2, 0.25) is 0 Å². The molecular weight excluding hydrogens is 488 g/mol. The van der Waals surface area contributed by atoms with Crippen LogP contribution in [0.15, 0.2) is 30.3 Å². The number of hydrogen-bond donors (Lipinski definition) is 3. The summed E-state index contributed by atoms with van der Waals surface area (Å²) in [5.41, 5.74) is 1.17. The minimum atomic E-state index is -0.731. The number of Topliss-reactive ketones (excluding diaryl/α,β-unsaturated/α-hetero) is 1. The van der Waals surface area contributed by atoms with Crippen LogP contribution < -0.4 is 0 Å². The summed E-state index contributed by atoms with van der Waals surface area (Å²) >= 11 is 0. The Balaban J connectivity index is 0.000000293. The largest absolute Gasteiger partial charge is 0.394 e. The summed E-state index contributed by atoms with van der Waals surface area (Å²) < 4.78 is 5.77. The van der Waals surface area contributed by atoms with E-state index >= 15 is 0 Å². The van der Waals surface area contributed by atoms with E-state index in [1.165, 1.54) is 19.3 Å². The van der Waals surface area contributed by atoms with Crippen molar-refractivity contribution in [3.8, 4) is 0 Å². The van der Waals surface area contributed by atoms with Crippen molar-refractivity contribution in [2.24, 2.45) is 40.9 Å². The molecule has 2 aliphatic rings. The molecule has 2 fully saturated rings. The molecule has 1 aromatic carbocycles. The molecule has 39 heavy (non-hydrogen) atoms. The lowest BCUT2D eigenvalue weighted by Gasteiger charge is -2.42. The lowest BCUT2D eigenvalue weighted by Crippen LogP contribution is -2.37. The Kier molecular flexibility index (Phi) is 14.1. The van der Waals surface area contributed by atoms with E-state index in [0.717, 1.165) is 24.8 Å². The zero-order chi connectivity index (χ0) is 29.2. The molecule has 0 bridgehead atoms. The molecule has 0 aromatic heterocycles. The lowest BCUT2D eigenvalue weighted by atomic mass is 9.62. The number of hydrogen-bond acceptors (Lipinski definition) is 5. The standard InChI is InChI=1S/C21H32O2.C13H26O3/c1-15(2)17-12-13-21(3,4)14-18(17)20(23)11-10-19(22)16-8-6-5-7-9-16;1-9(2)12-5-4-10(3)6-13(12)16-8-11(15)7-14/h5-9,15,17-19,22H,10-14H2,1-4H3;9-15H,4-8H2,1-3H3/t;10-,11?,12?,13-/m.1/s1. The van der Waals surface area contributed by atoms with Crippen molar-refractivity contribution < 1.29 is 24.9 Å². The monoisotopic (exact) mass is 546 g/mol. The van der Waals surface area contributed by atoms with Crippen molar-refractivity contribution in [3.63, 3.8) is 0 Å². The van der Waals surface area contributed by atoms with Crippen LogP contribution >= 0.6 is 0 Å². The highest BCUT2D eigenvalue weighted by atomic mass is 16.5. The Morgan fingerprint density at radius 1 is 1.00 bits per heavy atom. The second kappa shape index (κ2) is 16.2. The first-order valence-electron chi connectivity index (χ1n) is 15.5. The summed E-state index contributed by atoms with van der Waals surface area (Å²) in [5.74, 6) is 3.52. The summed E-state index contributed by atoms with van der Waals surface area (Å²) in [6.45, 7) is 15.8. The molecule has 5 nitrogen and oxygen atoms in total. The maximum Gasteiger partial charge on any atom is 0.136 e. The van der Waals surface area contributed by atoms with Gasteiger partial charge >= 0.3 is 0 Å². The van der Waals surface area contributed by atoms with E-state index in [-0.39, 0.29) is 30.7 Å². The Labute approximate surface area is 238 Å². The van der Waals surface area contributed by atoms with E-state index in [1.54, 1.807) is 0 Å². The smallest absolute Gasteiger partial charge is 0.136 e. The quantitative estimate of drug-likeness (QED) is 0.279. The Bertz CT molecular complexity index is 820. The molecule has 224 valence electrons. The average Bonchev–Trinajstić information content (AvgIpc) is 2.90. The van der Waals surface area contributed by atoms with Gasteiger partial charge in [0.2, 0.25) is 0 Å². The van der Waals surface area contributed by atoms with Gasteiger partial charge < -0.3 is 20.1 Å². The highest BCUT2D eigenvalue weighted by Gasteiger charge is 2.39. The minimum Gasteiger partial charge on any atom is -0.394 e. The molecular formula is C34H58O5. The Hall–Kier alpha value is -1.27. The number of aliphatic hydroxyl groups is 3. The molecule has 5 unspecified atom stereocenters. The van der Waals surface area contributed by atoms with Crippen molar-refractivity contribution in [1.82, 2.24) is 0 Å². The molecule has 3 rings (SSSR count). The second-order valence-electron chi connectivity index (χ2n) is 13.9. The van der Waals surface area contributed by atoms with Crippen molar-refractivity contribution >= 4 is 5.78 Å². The predicted molar refractivity (Wildman–Crippen MR) is 159 cm³/mol. The molecule has 3 N–H and O–H groups in total. The van der Waals surface area contributed by atoms with Gasteiger partial charge in [-0.2, -0.15) is 0 Å². The maximum atomic E-state index is 12.8. The molecule has 0 spiro atoms. The molecule has 0 heterocycles.